The van der Waals surface area contributed by atoms with Gasteiger partial charge in [0.15, 0.2) is 6.29 Å². The molecule has 0 fully saturated rings. The van der Waals surface area contributed by atoms with Crippen molar-refractivity contribution in [3.63, 3.8) is 0 Å². The largest absolute Gasteiger partial charge is 0.352 e. The molecule has 0 radical (unpaired) electrons. The zero-order valence-corrected chi connectivity index (χ0v) is 9.21. The lowest BCUT2D eigenvalue weighted by molar-refractivity contribution is -0.126. The van der Waals surface area contributed by atoms with Crippen LogP contribution < -0.4 is 0 Å². The van der Waals surface area contributed by atoms with Crippen molar-refractivity contribution < 1.29 is 9.47 Å². The quantitative estimate of drug-likeness (QED) is 0.319. The minimum absolute atomic E-state index is 0.0985. The van der Waals surface area contributed by atoms with E-state index in [9.17, 15) is 0 Å². The van der Waals surface area contributed by atoms with Gasteiger partial charge in [-0.05, 0) is 13.8 Å². The van der Waals surface area contributed by atoms with E-state index < -0.39 is 0 Å². The molecule has 0 saturated heterocycles. The van der Waals surface area contributed by atoms with E-state index in [1.165, 1.54) is 0 Å². The highest BCUT2D eigenvalue weighted by Crippen LogP contribution is 2.10. The third-order valence-electron chi connectivity index (χ3n) is 1.08. The molecule has 0 saturated carbocycles. The molecule has 2 unspecified atom stereocenters. The van der Waals surface area contributed by atoms with Crippen LogP contribution in [-0.4, -0.2) is 23.4 Å². The Labute approximate surface area is 82.1 Å². The third kappa shape index (κ3) is 5.64. The summed E-state index contributed by atoms with van der Waals surface area (Å²) in [5.74, 6) is 0. The highest BCUT2D eigenvalue weighted by atomic mass is 127. The average Bonchev–Trinajstić information content (AvgIpc) is 1.97. The number of hydrogen-bond donors (Lipinski definition) is 0. The molecule has 0 amide bonds. The first-order valence-electron chi connectivity index (χ1n) is 3.70. The van der Waals surface area contributed by atoms with E-state index in [0.29, 0.717) is 17.1 Å². The molecular formula is C8H15IO2. The Morgan fingerprint density at radius 3 is 2.55 bits per heavy atom. The van der Waals surface area contributed by atoms with Gasteiger partial charge in [-0.2, -0.15) is 0 Å². The van der Waals surface area contributed by atoms with Crippen molar-refractivity contribution in [3.8, 4) is 0 Å². The van der Waals surface area contributed by atoms with Crippen molar-refractivity contribution in [2.75, 3.05) is 13.2 Å². The second kappa shape index (κ2) is 7.06. The molecule has 0 aromatic carbocycles. The fourth-order valence-corrected chi connectivity index (χ4v) is 1.06. The summed E-state index contributed by atoms with van der Waals surface area (Å²) in [5, 5.41) is 0. The number of halogens is 1. The SMILES string of the molecule is C=CCOC(OCC)C(C)I. The lowest BCUT2D eigenvalue weighted by Gasteiger charge is -2.18. The predicted molar refractivity (Wildman–Crippen MR) is 55.0 cm³/mol. The maximum absolute atomic E-state index is 5.35. The van der Waals surface area contributed by atoms with Crippen molar-refractivity contribution >= 4 is 22.6 Å². The van der Waals surface area contributed by atoms with Crippen molar-refractivity contribution in [1.82, 2.24) is 0 Å². The smallest absolute Gasteiger partial charge is 0.169 e. The Morgan fingerprint density at radius 1 is 1.55 bits per heavy atom. The van der Waals surface area contributed by atoms with Crippen molar-refractivity contribution in [2.24, 2.45) is 0 Å². The first-order valence-corrected chi connectivity index (χ1v) is 4.95. The molecule has 0 spiro atoms. The average molecular weight is 270 g/mol. The van der Waals surface area contributed by atoms with E-state index in [-0.39, 0.29) is 6.29 Å². The Bertz CT molecular complexity index is 104. The fraction of sp³-hybridized carbons (Fsp3) is 0.750. The van der Waals surface area contributed by atoms with Crippen molar-refractivity contribution in [1.29, 1.82) is 0 Å². The highest BCUT2D eigenvalue weighted by Gasteiger charge is 2.13. The van der Waals surface area contributed by atoms with E-state index in [1.807, 2.05) is 6.92 Å². The van der Waals surface area contributed by atoms with Gasteiger partial charge in [0.1, 0.15) is 0 Å². The molecule has 0 heterocycles. The Morgan fingerprint density at radius 2 is 2.18 bits per heavy atom. The normalized spacial score (nSPS) is 15.9. The van der Waals surface area contributed by atoms with Gasteiger partial charge in [0, 0.05) is 6.61 Å². The van der Waals surface area contributed by atoms with E-state index in [1.54, 1.807) is 6.08 Å². The van der Waals surface area contributed by atoms with Gasteiger partial charge < -0.3 is 9.47 Å². The summed E-state index contributed by atoms with van der Waals surface area (Å²) >= 11 is 2.28. The standard InChI is InChI=1S/C8H15IO2/c1-4-6-11-8(7(3)9)10-5-2/h4,7-8H,1,5-6H2,2-3H3. The molecule has 0 aliphatic carbocycles. The monoisotopic (exact) mass is 270 g/mol. The van der Waals surface area contributed by atoms with Crippen LogP contribution in [0.2, 0.25) is 0 Å². The molecule has 0 aliphatic heterocycles. The molecule has 3 heteroatoms. The lowest BCUT2D eigenvalue weighted by Crippen LogP contribution is -2.25. The Kier molecular flexibility index (Phi) is 7.31. The van der Waals surface area contributed by atoms with E-state index >= 15 is 0 Å². The van der Waals surface area contributed by atoms with E-state index in [0.717, 1.165) is 0 Å². The van der Waals surface area contributed by atoms with Crippen molar-refractivity contribution in [3.05, 3.63) is 12.7 Å². The topological polar surface area (TPSA) is 18.5 Å². The molecule has 0 aliphatic rings. The number of alkyl halides is 1. The summed E-state index contributed by atoms with van der Waals surface area (Å²) in [4.78, 5) is 0. The molecular weight excluding hydrogens is 255 g/mol. The molecule has 0 rings (SSSR count). The minimum atomic E-state index is -0.0985. The van der Waals surface area contributed by atoms with Gasteiger partial charge >= 0.3 is 0 Å². The van der Waals surface area contributed by atoms with Gasteiger partial charge in [0.25, 0.3) is 0 Å². The molecule has 0 aromatic heterocycles. The fourth-order valence-electron chi connectivity index (χ4n) is 0.640. The first kappa shape index (κ1) is 11.4. The number of ether oxygens (including phenoxy) is 2. The van der Waals surface area contributed by atoms with Crippen LogP contribution in [0.5, 0.6) is 0 Å². The Balaban J connectivity index is 3.59. The Hall–Kier alpha value is 0.390. The molecule has 0 N–H and O–H groups in total. The maximum Gasteiger partial charge on any atom is 0.169 e. The summed E-state index contributed by atoms with van der Waals surface area (Å²) < 4.78 is 11.0. The van der Waals surface area contributed by atoms with Crippen LogP contribution in [0, 0.1) is 0 Å². The van der Waals surface area contributed by atoms with Crippen LogP contribution in [0.1, 0.15) is 13.8 Å². The van der Waals surface area contributed by atoms with Crippen LogP contribution in [-0.2, 0) is 9.47 Å². The molecule has 11 heavy (non-hydrogen) atoms. The summed E-state index contributed by atoms with van der Waals surface area (Å²) in [5.41, 5.74) is 0. The van der Waals surface area contributed by atoms with Gasteiger partial charge in [-0.25, -0.2) is 0 Å². The van der Waals surface area contributed by atoms with Crippen LogP contribution in [0.3, 0.4) is 0 Å². The molecule has 0 aromatic rings. The number of hydrogen-bond acceptors (Lipinski definition) is 2. The van der Waals surface area contributed by atoms with Crippen LogP contribution >= 0.6 is 22.6 Å². The summed E-state index contributed by atoms with van der Waals surface area (Å²) in [6, 6.07) is 0. The molecule has 2 nitrogen and oxygen atoms in total. The van der Waals surface area contributed by atoms with Gasteiger partial charge in [-0.1, -0.05) is 28.7 Å². The van der Waals surface area contributed by atoms with Gasteiger partial charge in [-0.15, -0.1) is 6.58 Å². The summed E-state index contributed by atoms with van der Waals surface area (Å²) in [6.07, 6.45) is 1.63. The third-order valence-corrected chi connectivity index (χ3v) is 1.67. The van der Waals surface area contributed by atoms with Gasteiger partial charge in [0.2, 0.25) is 0 Å². The molecule has 2 atom stereocenters. The van der Waals surface area contributed by atoms with Gasteiger partial charge in [0.05, 0.1) is 10.5 Å². The lowest BCUT2D eigenvalue weighted by atomic mass is 10.5. The van der Waals surface area contributed by atoms with Gasteiger partial charge in [-0.3, -0.25) is 0 Å². The van der Waals surface area contributed by atoms with Crippen molar-refractivity contribution in [2.45, 2.75) is 24.1 Å². The summed E-state index contributed by atoms with van der Waals surface area (Å²) in [7, 11) is 0. The zero-order valence-electron chi connectivity index (χ0n) is 7.05. The zero-order chi connectivity index (χ0) is 8.69. The molecule has 66 valence electrons. The van der Waals surface area contributed by atoms with Crippen LogP contribution in [0.25, 0.3) is 0 Å². The predicted octanol–water partition coefficient (Wildman–Crippen LogP) is 2.38. The first-order chi connectivity index (χ1) is 5.22. The second-order valence-electron chi connectivity index (χ2n) is 2.12. The number of rotatable bonds is 6. The van der Waals surface area contributed by atoms with E-state index in [2.05, 4.69) is 36.1 Å². The minimum Gasteiger partial charge on any atom is -0.352 e. The summed E-state index contributed by atoms with van der Waals surface area (Å²) in [6.45, 7) is 8.83. The highest BCUT2D eigenvalue weighted by molar-refractivity contribution is 14.1. The second-order valence-corrected chi connectivity index (χ2v) is 4.09. The van der Waals surface area contributed by atoms with Crippen LogP contribution in [0.4, 0.5) is 0 Å². The molecule has 0 bridgehead atoms. The van der Waals surface area contributed by atoms with Crippen LogP contribution in [0.15, 0.2) is 12.7 Å². The van der Waals surface area contributed by atoms with E-state index in [4.69, 9.17) is 9.47 Å². The maximum atomic E-state index is 5.35.